The molecule has 0 aliphatic heterocycles. The van der Waals surface area contributed by atoms with Gasteiger partial charge in [0, 0.05) is 35.5 Å². The van der Waals surface area contributed by atoms with Crippen molar-refractivity contribution in [2.24, 2.45) is 0 Å². The minimum absolute atomic E-state index is 0.166. The first kappa shape index (κ1) is 16.4. The van der Waals surface area contributed by atoms with Crippen LogP contribution in [0.4, 0.5) is 15.8 Å². The highest BCUT2D eigenvalue weighted by Crippen LogP contribution is 2.32. The van der Waals surface area contributed by atoms with E-state index in [-0.39, 0.29) is 29.6 Å². The highest BCUT2D eigenvalue weighted by atomic mass is 127. The average molecular weight is 444 g/mol. The summed E-state index contributed by atoms with van der Waals surface area (Å²) in [5.41, 5.74) is 7.47. The Morgan fingerprint density at radius 2 is 2.22 bits per heavy atom. The Morgan fingerprint density at radius 3 is 2.83 bits per heavy atom. The van der Waals surface area contributed by atoms with Crippen molar-refractivity contribution >= 4 is 45.5 Å². The molecule has 1 aliphatic rings. The zero-order valence-electron chi connectivity index (χ0n) is 12.1. The van der Waals surface area contributed by atoms with E-state index in [9.17, 15) is 4.39 Å². The zero-order chi connectivity index (χ0) is 16.4. The summed E-state index contributed by atoms with van der Waals surface area (Å²) in [6.45, 7) is 0. The van der Waals surface area contributed by atoms with Crippen LogP contribution in [0.2, 0.25) is 0 Å². The van der Waals surface area contributed by atoms with Gasteiger partial charge in [0.05, 0.1) is 11.4 Å². The van der Waals surface area contributed by atoms with E-state index in [4.69, 9.17) is 15.9 Å². The van der Waals surface area contributed by atoms with Crippen LogP contribution in [0.1, 0.15) is 24.0 Å². The molecule has 1 saturated carbocycles. The number of rotatable bonds is 6. The summed E-state index contributed by atoms with van der Waals surface area (Å²) < 4.78 is 19.7. The van der Waals surface area contributed by atoms with E-state index >= 15 is 0 Å². The van der Waals surface area contributed by atoms with Crippen LogP contribution in [-0.4, -0.2) is 16.8 Å². The van der Waals surface area contributed by atoms with Crippen LogP contribution in [0.25, 0.3) is 0 Å². The van der Waals surface area contributed by atoms with Crippen molar-refractivity contribution in [1.82, 2.24) is 4.98 Å². The molecule has 1 aliphatic carbocycles. The summed E-state index contributed by atoms with van der Waals surface area (Å²) in [5, 5.41) is 11.3. The third kappa shape index (κ3) is 3.90. The maximum Gasteiger partial charge on any atom is 0.213 e. The Hall–Kier alpha value is -1.47. The van der Waals surface area contributed by atoms with Gasteiger partial charge in [-0.1, -0.05) is 0 Å². The fourth-order valence-corrected chi connectivity index (χ4v) is 3.27. The fourth-order valence-electron chi connectivity index (χ4n) is 2.11. The molecule has 120 valence electrons. The second-order valence-electron chi connectivity index (χ2n) is 5.22. The lowest BCUT2D eigenvalue weighted by Crippen LogP contribution is -2.08. The maximum atomic E-state index is 14.1. The van der Waals surface area contributed by atoms with E-state index in [0.717, 1.165) is 12.8 Å². The zero-order valence-corrected chi connectivity index (χ0v) is 15.2. The number of anilines is 2. The number of benzene rings is 1. The summed E-state index contributed by atoms with van der Waals surface area (Å²) in [6, 6.07) is 6.34. The van der Waals surface area contributed by atoms with Crippen LogP contribution in [0, 0.1) is 11.2 Å². The number of nitrogens with zero attached hydrogens (tertiary/aromatic N) is 1. The smallest absolute Gasteiger partial charge is 0.213 e. The molecular weight excluding hydrogens is 429 g/mol. The van der Waals surface area contributed by atoms with Gasteiger partial charge in [-0.3, -0.25) is 5.41 Å². The van der Waals surface area contributed by atoms with Gasteiger partial charge < -0.3 is 15.6 Å². The number of nitrogen functional groups attached to an aromatic ring is 1. The molecule has 5 nitrogen and oxygen atoms in total. The topological polar surface area (TPSA) is 84.0 Å². The predicted molar refractivity (Wildman–Crippen MR) is 101 cm³/mol. The van der Waals surface area contributed by atoms with Crippen LogP contribution in [0.15, 0.2) is 30.5 Å². The lowest BCUT2D eigenvalue weighted by atomic mass is 10.0. The SMILES string of the molecule is N=C(c1ccc(OC2CC2)nc1)c1cc(N)cc(F)c1NPI. The molecule has 3 rings (SSSR count). The molecule has 0 radical (unpaired) electrons. The molecule has 0 spiro atoms. The molecule has 2 aromatic rings. The number of nitrogens with one attached hydrogen (secondary N) is 2. The van der Waals surface area contributed by atoms with E-state index < -0.39 is 5.82 Å². The molecule has 1 aromatic heterocycles. The first-order chi connectivity index (χ1) is 11.1. The number of hydrogen-bond acceptors (Lipinski definition) is 5. The summed E-state index contributed by atoms with van der Waals surface area (Å²) in [5.74, 6) is 0.0884. The predicted octanol–water partition coefficient (Wildman–Crippen LogP) is 4.12. The Labute approximate surface area is 148 Å². The van der Waals surface area contributed by atoms with Crippen molar-refractivity contribution in [3.8, 4) is 5.88 Å². The van der Waals surface area contributed by atoms with Gasteiger partial charge in [-0.25, -0.2) is 9.37 Å². The van der Waals surface area contributed by atoms with Crippen molar-refractivity contribution < 1.29 is 9.13 Å². The Morgan fingerprint density at radius 1 is 1.43 bits per heavy atom. The number of pyridine rings is 1. The molecule has 1 unspecified atom stereocenters. The second kappa shape index (κ2) is 6.97. The Bertz CT molecular complexity index is 737. The fraction of sp³-hybridized carbons (Fsp3) is 0.200. The first-order valence-electron chi connectivity index (χ1n) is 7.01. The number of aromatic nitrogens is 1. The largest absolute Gasteiger partial charge is 0.474 e. The lowest BCUT2D eigenvalue weighted by Gasteiger charge is -2.14. The average Bonchev–Trinajstić information content (AvgIpc) is 3.34. The molecule has 1 aromatic carbocycles. The normalized spacial score (nSPS) is 14.2. The minimum Gasteiger partial charge on any atom is -0.474 e. The monoisotopic (exact) mass is 444 g/mol. The molecule has 8 heteroatoms. The second-order valence-corrected chi connectivity index (χ2v) is 7.28. The highest BCUT2D eigenvalue weighted by molar-refractivity contribution is 14.2. The van der Waals surface area contributed by atoms with Crippen LogP contribution in [-0.2, 0) is 0 Å². The van der Waals surface area contributed by atoms with Gasteiger partial charge in [-0.15, -0.1) is 0 Å². The lowest BCUT2D eigenvalue weighted by molar-refractivity contribution is 0.291. The molecule has 0 saturated heterocycles. The molecule has 0 amide bonds. The van der Waals surface area contributed by atoms with Gasteiger partial charge >= 0.3 is 0 Å². The first-order valence-corrected chi connectivity index (χ1v) is 11.1. The van der Waals surface area contributed by atoms with E-state index in [2.05, 4.69) is 32.1 Å². The summed E-state index contributed by atoms with van der Waals surface area (Å²) in [7, 11) is 0. The Balaban J connectivity index is 1.89. The molecule has 1 heterocycles. The third-order valence-corrected chi connectivity index (χ3v) is 4.54. The molecule has 1 fully saturated rings. The van der Waals surface area contributed by atoms with E-state index in [1.165, 1.54) is 6.07 Å². The number of nitrogens with two attached hydrogens (primary N) is 1. The highest BCUT2D eigenvalue weighted by Gasteiger charge is 2.24. The molecule has 23 heavy (non-hydrogen) atoms. The van der Waals surface area contributed by atoms with Gasteiger partial charge in [0.15, 0.2) is 0 Å². The third-order valence-electron chi connectivity index (χ3n) is 3.39. The standard InChI is InChI=1S/C15H15FIN4OP/c16-12-6-9(18)5-11(15(12)21-23-17)14(19)8-1-4-13(20-7-8)22-10-2-3-10/h1,4-7,10,19,21,23H,2-3,18H2. The van der Waals surface area contributed by atoms with Crippen molar-refractivity contribution in [1.29, 1.82) is 5.41 Å². The van der Waals surface area contributed by atoms with E-state index in [1.54, 1.807) is 24.4 Å². The van der Waals surface area contributed by atoms with Gasteiger partial charge in [-0.05, 0) is 53.1 Å². The van der Waals surface area contributed by atoms with Gasteiger partial charge in [0.25, 0.3) is 0 Å². The van der Waals surface area contributed by atoms with Crippen molar-refractivity contribution in [3.63, 3.8) is 0 Å². The molecular formula is C15H15FIN4OP. The molecule has 1 atom stereocenters. The van der Waals surface area contributed by atoms with Crippen LogP contribution >= 0.6 is 28.4 Å². The number of hydrogen-bond donors (Lipinski definition) is 3. The van der Waals surface area contributed by atoms with E-state index in [1.807, 2.05) is 0 Å². The van der Waals surface area contributed by atoms with Gasteiger partial charge in [-0.2, -0.15) is 0 Å². The summed E-state index contributed by atoms with van der Waals surface area (Å²) >= 11 is 2.11. The number of halogens is 2. The van der Waals surface area contributed by atoms with Crippen LogP contribution in [0.5, 0.6) is 5.88 Å². The summed E-state index contributed by atoms with van der Waals surface area (Å²) in [4.78, 5) is 4.22. The van der Waals surface area contributed by atoms with Crippen LogP contribution < -0.4 is 15.6 Å². The van der Waals surface area contributed by atoms with Crippen molar-refractivity contribution in [2.75, 3.05) is 10.8 Å². The summed E-state index contributed by atoms with van der Waals surface area (Å²) in [6.07, 6.45) is 4.25. The minimum atomic E-state index is -0.462. The van der Waals surface area contributed by atoms with Crippen LogP contribution in [0.3, 0.4) is 0 Å². The molecule has 0 bridgehead atoms. The van der Waals surface area contributed by atoms with Crippen molar-refractivity contribution in [3.05, 3.63) is 47.4 Å². The molecule has 4 N–H and O–H groups in total. The quantitative estimate of drug-likeness (QED) is 0.271. The van der Waals surface area contributed by atoms with Gasteiger partial charge in [0.2, 0.25) is 5.88 Å². The van der Waals surface area contributed by atoms with Gasteiger partial charge in [0.1, 0.15) is 11.9 Å². The van der Waals surface area contributed by atoms with Crippen molar-refractivity contribution in [2.45, 2.75) is 18.9 Å². The number of ether oxygens (including phenoxy) is 1. The Kier molecular flexibility index (Phi) is 4.96. The van der Waals surface area contributed by atoms with E-state index in [0.29, 0.717) is 17.0 Å². The maximum absolute atomic E-state index is 14.1.